The lowest BCUT2D eigenvalue weighted by Crippen LogP contribution is -2.05. The van der Waals surface area contributed by atoms with Gasteiger partial charge in [0.2, 0.25) is 5.89 Å². The number of nitrogens with zero attached hydrogens (tertiary/aromatic N) is 4. The summed E-state index contributed by atoms with van der Waals surface area (Å²) in [4.78, 5) is 19.3. The molecular weight excluding hydrogens is 248 g/mol. The minimum atomic E-state index is -0.967. The predicted octanol–water partition coefficient (Wildman–Crippen LogP) is 1.36. The summed E-state index contributed by atoms with van der Waals surface area (Å²) in [5, 5.41) is 12.7. The minimum Gasteiger partial charge on any atom is -0.478 e. The van der Waals surface area contributed by atoms with Crippen molar-refractivity contribution in [1.82, 2.24) is 19.7 Å². The molecule has 3 rings (SSSR count). The average molecular weight is 258 g/mol. The largest absolute Gasteiger partial charge is 0.478 e. The highest BCUT2D eigenvalue weighted by Crippen LogP contribution is 2.18. The Morgan fingerprint density at radius 1 is 1.37 bits per heavy atom. The van der Waals surface area contributed by atoms with Crippen molar-refractivity contribution in [2.24, 2.45) is 0 Å². The summed E-state index contributed by atoms with van der Waals surface area (Å²) in [6, 6.07) is 5.03. The second-order valence-corrected chi connectivity index (χ2v) is 4.00. The Morgan fingerprint density at radius 2 is 2.26 bits per heavy atom. The molecule has 0 aliphatic rings. The molecule has 0 bridgehead atoms. The molecule has 2 heterocycles. The molecule has 0 saturated heterocycles. The minimum absolute atomic E-state index is 0.237. The molecule has 0 aliphatic carbocycles. The first-order chi connectivity index (χ1) is 9.25. The molecule has 96 valence electrons. The molecule has 0 spiro atoms. The van der Waals surface area contributed by atoms with E-state index in [2.05, 4.69) is 15.1 Å². The molecule has 0 radical (unpaired) electrons. The molecule has 3 aromatic rings. The van der Waals surface area contributed by atoms with Gasteiger partial charge in [0.15, 0.2) is 6.33 Å². The van der Waals surface area contributed by atoms with E-state index in [0.29, 0.717) is 29.9 Å². The molecule has 1 N–H and O–H groups in total. The summed E-state index contributed by atoms with van der Waals surface area (Å²) in [5.74, 6) is -0.459. The summed E-state index contributed by atoms with van der Waals surface area (Å²) in [7, 11) is 0. The van der Waals surface area contributed by atoms with E-state index in [-0.39, 0.29) is 5.56 Å². The van der Waals surface area contributed by atoms with Crippen molar-refractivity contribution in [1.29, 1.82) is 0 Å². The molecular formula is C12H10N4O3. The second-order valence-electron chi connectivity index (χ2n) is 4.00. The van der Waals surface area contributed by atoms with E-state index in [9.17, 15) is 9.90 Å². The summed E-state index contributed by atoms with van der Waals surface area (Å²) in [6.45, 7) is 0.531. The van der Waals surface area contributed by atoms with Crippen LogP contribution in [0, 0.1) is 0 Å². The number of hydrogen-bond acceptors (Lipinski definition) is 5. The van der Waals surface area contributed by atoms with Crippen molar-refractivity contribution in [3.63, 3.8) is 0 Å². The number of aryl methyl sites for hydroxylation is 2. The van der Waals surface area contributed by atoms with Crippen LogP contribution < -0.4 is 0 Å². The van der Waals surface area contributed by atoms with Crippen LogP contribution in [0.4, 0.5) is 0 Å². The van der Waals surface area contributed by atoms with E-state index < -0.39 is 5.97 Å². The molecule has 1 aromatic carbocycles. The second kappa shape index (κ2) is 4.52. The van der Waals surface area contributed by atoms with E-state index in [0.717, 1.165) is 0 Å². The first kappa shape index (κ1) is 11.4. The van der Waals surface area contributed by atoms with Crippen molar-refractivity contribution in [2.75, 3.05) is 0 Å². The molecule has 0 fully saturated rings. The Kier molecular flexibility index (Phi) is 2.71. The molecule has 19 heavy (non-hydrogen) atoms. The number of carboxylic acid groups (broad SMARTS) is 1. The number of aromatic carboxylic acids is 1. The molecule has 7 nitrogen and oxygen atoms in total. The fraction of sp³-hybridized carbons (Fsp3) is 0.167. The SMILES string of the molecule is O=C(O)c1cccc2ncn(CCc3ncno3)c12. The van der Waals surface area contributed by atoms with Crippen LogP contribution >= 0.6 is 0 Å². The maximum Gasteiger partial charge on any atom is 0.337 e. The molecule has 2 aromatic heterocycles. The Balaban J connectivity index is 1.97. The van der Waals surface area contributed by atoms with Gasteiger partial charge in [-0.3, -0.25) is 0 Å². The van der Waals surface area contributed by atoms with Gasteiger partial charge in [0.05, 0.1) is 22.9 Å². The average Bonchev–Trinajstić information content (AvgIpc) is 3.05. The number of para-hydroxylation sites is 1. The smallest absolute Gasteiger partial charge is 0.337 e. The summed E-state index contributed by atoms with van der Waals surface area (Å²) in [5.41, 5.74) is 1.50. The van der Waals surface area contributed by atoms with Gasteiger partial charge in [0.1, 0.15) is 0 Å². The number of carboxylic acids is 1. The van der Waals surface area contributed by atoms with Gasteiger partial charge in [-0.2, -0.15) is 4.98 Å². The molecule has 7 heteroatoms. The topological polar surface area (TPSA) is 94.0 Å². The van der Waals surface area contributed by atoms with Gasteiger partial charge >= 0.3 is 5.97 Å². The third-order valence-corrected chi connectivity index (χ3v) is 2.84. The molecule has 0 amide bonds. The van der Waals surface area contributed by atoms with Gasteiger partial charge in [-0.25, -0.2) is 9.78 Å². The molecule has 0 saturated carbocycles. The van der Waals surface area contributed by atoms with Gasteiger partial charge in [-0.05, 0) is 12.1 Å². The summed E-state index contributed by atoms with van der Waals surface area (Å²) >= 11 is 0. The standard InChI is InChI=1S/C12H10N4O3/c17-12(18)8-2-1-3-9-11(8)16(7-14-9)5-4-10-13-6-15-19-10/h1-3,6-7H,4-5H2,(H,17,18). The first-order valence-electron chi connectivity index (χ1n) is 5.68. The Bertz CT molecular complexity index is 718. The Labute approximate surface area is 107 Å². The first-order valence-corrected chi connectivity index (χ1v) is 5.68. The zero-order valence-corrected chi connectivity index (χ0v) is 9.85. The van der Waals surface area contributed by atoms with Crippen LogP contribution in [0.3, 0.4) is 0 Å². The molecule has 0 aliphatic heterocycles. The Morgan fingerprint density at radius 3 is 3.00 bits per heavy atom. The van der Waals surface area contributed by atoms with Crippen molar-refractivity contribution in [3.05, 3.63) is 42.3 Å². The molecule has 0 atom stereocenters. The van der Waals surface area contributed by atoms with E-state index >= 15 is 0 Å². The van der Waals surface area contributed by atoms with Crippen LogP contribution in [0.5, 0.6) is 0 Å². The summed E-state index contributed by atoms with van der Waals surface area (Å²) < 4.78 is 6.69. The lowest BCUT2D eigenvalue weighted by molar-refractivity contribution is 0.0698. The van der Waals surface area contributed by atoms with E-state index in [1.807, 2.05) is 0 Å². The number of fused-ring (bicyclic) bond motifs is 1. The Hall–Kier alpha value is -2.70. The van der Waals surface area contributed by atoms with Gasteiger partial charge in [-0.15, -0.1) is 0 Å². The van der Waals surface area contributed by atoms with E-state index in [1.165, 1.54) is 6.33 Å². The number of aromatic nitrogens is 4. The lowest BCUT2D eigenvalue weighted by Gasteiger charge is -2.04. The van der Waals surface area contributed by atoms with Gasteiger partial charge in [0, 0.05) is 13.0 Å². The monoisotopic (exact) mass is 258 g/mol. The van der Waals surface area contributed by atoms with Crippen LogP contribution in [0.25, 0.3) is 11.0 Å². The van der Waals surface area contributed by atoms with Crippen LogP contribution in [-0.2, 0) is 13.0 Å². The van der Waals surface area contributed by atoms with Crippen molar-refractivity contribution < 1.29 is 14.4 Å². The van der Waals surface area contributed by atoms with Crippen LogP contribution in [0.15, 0.2) is 35.4 Å². The van der Waals surface area contributed by atoms with Gasteiger partial charge < -0.3 is 14.2 Å². The highest BCUT2D eigenvalue weighted by molar-refractivity contribution is 6.01. The number of rotatable bonds is 4. The number of carbonyl (C=O) groups is 1. The number of imidazole rings is 1. The fourth-order valence-electron chi connectivity index (χ4n) is 1.99. The highest BCUT2D eigenvalue weighted by Gasteiger charge is 2.13. The van der Waals surface area contributed by atoms with Crippen molar-refractivity contribution >= 4 is 17.0 Å². The molecule has 0 unspecified atom stereocenters. The van der Waals surface area contributed by atoms with E-state index in [1.54, 1.807) is 29.1 Å². The third-order valence-electron chi connectivity index (χ3n) is 2.84. The number of hydrogen-bond donors (Lipinski definition) is 1. The van der Waals surface area contributed by atoms with Crippen molar-refractivity contribution in [2.45, 2.75) is 13.0 Å². The van der Waals surface area contributed by atoms with Crippen molar-refractivity contribution in [3.8, 4) is 0 Å². The van der Waals surface area contributed by atoms with Crippen LogP contribution in [0.2, 0.25) is 0 Å². The normalized spacial score (nSPS) is 10.9. The predicted molar refractivity (Wildman–Crippen MR) is 64.7 cm³/mol. The fourth-order valence-corrected chi connectivity index (χ4v) is 1.99. The zero-order chi connectivity index (χ0) is 13.2. The summed E-state index contributed by atoms with van der Waals surface area (Å²) in [6.07, 6.45) is 3.48. The van der Waals surface area contributed by atoms with Gasteiger partial charge in [-0.1, -0.05) is 11.2 Å². The van der Waals surface area contributed by atoms with Gasteiger partial charge in [0.25, 0.3) is 0 Å². The maximum absolute atomic E-state index is 11.2. The third kappa shape index (κ3) is 2.05. The highest BCUT2D eigenvalue weighted by atomic mass is 16.5. The van der Waals surface area contributed by atoms with E-state index in [4.69, 9.17) is 4.52 Å². The van der Waals surface area contributed by atoms with Crippen LogP contribution in [0.1, 0.15) is 16.2 Å². The number of benzene rings is 1. The lowest BCUT2D eigenvalue weighted by atomic mass is 10.2. The maximum atomic E-state index is 11.2. The quantitative estimate of drug-likeness (QED) is 0.759. The van der Waals surface area contributed by atoms with Crippen LogP contribution in [-0.4, -0.2) is 30.8 Å². The zero-order valence-electron chi connectivity index (χ0n) is 9.85.